The molecule has 0 aliphatic heterocycles. The number of amides is 1. The van der Waals surface area contributed by atoms with Crippen molar-refractivity contribution < 1.29 is 4.79 Å². The van der Waals surface area contributed by atoms with E-state index in [9.17, 15) is 4.79 Å². The summed E-state index contributed by atoms with van der Waals surface area (Å²) in [6.45, 7) is 0.668. The van der Waals surface area contributed by atoms with Crippen molar-refractivity contribution >= 4 is 33.2 Å². The lowest BCUT2D eigenvalue weighted by Crippen LogP contribution is -2.27. The second-order valence-electron chi connectivity index (χ2n) is 4.01. The van der Waals surface area contributed by atoms with Crippen LogP contribution in [0.4, 0.5) is 0 Å². The van der Waals surface area contributed by atoms with E-state index in [2.05, 4.69) is 21.2 Å². The monoisotopic (exact) mass is 287 g/mol. The van der Waals surface area contributed by atoms with Gasteiger partial charge in [0.15, 0.2) is 0 Å². The Kier molecular flexibility index (Phi) is 3.81. The number of hydrogen-bond acceptors (Lipinski definition) is 2. The smallest absolute Gasteiger partial charge is 0.220 e. The van der Waals surface area contributed by atoms with Gasteiger partial charge in [-0.1, -0.05) is 6.42 Å². The maximum atomic E-state index is 11.5. The molecule has 1 heterocycles. The van der Waals surface area contributed by atoms with E-state index in [-0.39, 0.29) is 5.91 Å². The van der Waals surface area contributed by atoms with Crippen LogP contribution in [-0.4, -0.2) is 5.91 Å². The van der Waals surface area contributed by atoms with Gasteiger partial charge < -0.3 is 5.32 Å². The van der Waals surface area contributed by atoms with Crippen molar-refractivity contribution in [3.8, 4) is 0 Å². The number of carbonyl (C=O) groups is 1. The predicted molar refractivity (Wildman–Crippen MR) is 65.8 cm³/mol. The van der Waals surface area contributed by atoms with Gasteiger partial charge >= 0.3 is 0 Å². The Bertz CT molecular complexity index is 346. The largest absolute Gasteiger partial charge is 0.351 e. The molecule has 1 amide bonds. The van der Waals surface area contributed by atoms with Gasteiger partial charge in [0.1, 0.15) is 0 Å². The topological polar surface area (TPSA) is 29.1 Å². The minimum absolute atomic E-state index is 0.198. The van der Waals surface area contributed by atoms with Crippen molar-refractivity contribution in [3.63, 3.8) is 0 Å². The van der Waals surface area contributed by atoms with Gasteiger partial charge in [-0.05, 0) is 40.8 Å². The summed E-state index contributed by atoms with van der Waals surface area (Å²) in [7, 11) is 0. The molecule has 2 rings (SSSR count). The van der Waals surface area contributed by atoms with E-state index < -0.39 is 0 Å². The first kappa shape index (κ1) is 11.1. The van der Waals surface area contributed by atoms with Crippen LogP contribution in [-0.2, 0) is 11.3 Å². The second-order valence-corrected chi connectivity index (χ2v) is 5.92. The number of carbonyl (C=O) groups excluding carboxylic acids is 1. The van der Waals surface area contributed by atoms with Gasteiger partial charge in [0.05, 0.1) is 6.54 Å². The molecule has 0 aromatic carbocycles. The van der Waals surface area contributed by atoms with Crippen LogP contribution in [0.1, 0.15) is 30.6 Å². The zero-order chi connectivity index (χ0) is 10.7. The van der Waals surface area contributed by atoms with Crippen LogP contribution in [0, 0.1) is 5.92 Å². The Morgan fingerprint density at radius 1 is 1.60 bits per heavy atom. The van der Waals surface area contributed by atoms with Crippen LogP contribution in [0.2, 0.25) is 0 Å². The first-order valence-electron chi connectivity index (χ1n) is 5.23. The Balaban J connectivity index is 1.70. The molecule has 1 aliphatic carbocycles. The number of halogens is 1. The minimum atomic E-state index is 0.198. The molecule has 1 saturated carbocycles. The second kappa shape index (κ2) is 5.12. The third-order valence-corrected chi connectivity index (χ3v) is 4.48. The molecule has 0 unspecified atom stereocenters. The Morgan fingerprint density at radius 2 is 2.40 bits per heavy atom. The zero-order valence-corrected chi connectivity index (χ0v) is 10.9. The van der Waals surface area contributed by atoms with Crippen LogP contribution in [0.3, 0.4) is 0 Å². The van der Waals surface area contributed by atoms with E-state index in [1.54, 1.807) is 11.3 Å². The lowest BCUT2D eigenvalue weighted by atomic mass is 9.83. The highest BCUT2D eigenvalue weighted by Crippen LogP contribution is 2.29. The van der Waals surface area contributed by atoms with Crippen molar-refractivity contribution in [2.24, 2.45) is 5.92 Å². The van der Waals surface area contributed by atoms with Gasteiger partial charge in [0.2, 0.25) is 5.91 Å². The van der Waals surface area contributed by atoms with E-state index in [4.69, 9.17) is 0 Å². The summed E-state index contributed by atoms with van der Waals surface area (Å²) in [5, 5.41) is 5.00. The summed E-state index contributed by atoms with van der Waals surface area (Å²) in [5.41, 5.74) is 0. The van der Waals surface area contributed by atoms with E-state index in [0.29, 0.717) is 18.9 Å². The summed E-state index contributed by atoms with van der Waals surface area (Å²) in [6.07, 6.45) is 4.48. The van der Waals surface area contributed by atoms with Crippen molar-refractivity contribution in [2.45, 2.75) is 32.2 Å². The summed E-state index contributed by atoms with van der Waals surface area (Å²) in [5.74, 6) is 0.851. The molecular formula is C11H14BrNOS. The molecule has 1 aliphatic rings. The maximum absolute atomic E-state index is 11.5. The highest BCUT2D eigenvalue weighted by Gasteiger charge is 2.20. The van der Waals surface area contributed by atoms with Crippen molar-refractivity contribution in [2.75, 3.05) is 0 Å². The van der Waals surface area contributed by atoms with E-state index in [1.165, 1.54) is 24.1 Å². The molecule has 0 spiro atoms. The quantitative estimate of drug-likeness (QED) is 0.904. The third kappa shape index (κ3) is 3.31. The fourth-order valence-corrected chi connectivity index (χ4v) is 3.05. The fourth-order valence-electron chi connectivity index (χ4n) is 1.66. The van der Waals surface area contributed by atoms with Gasteiger partial charge in [-0.25, -0.2) is 0 Å². The summed E-state index contributed by atoms with van der Waals surface area (Å²) in [4.78, 5) is 12.7. The van der Waals surface area contributed by atoms with Gasteiger partial charge in [-0.3, -0.25) is 4.79 Å². The molecule has 2 nitrogen and oxygen atoms in total. The van der Waals surface area contributed by atoms with Crippen molar-refractivity contribution in [1.29, 1.82) is 0 Å². The minimum Gasteiger partial charge on any atom is -0.351 e. The van der Waals surface area contributed by atoms with Crippen molar-refractivity contribution in [1.82, 2.24) is 5.32 Å². The number of nitrogens with one attached hydrogen (secondary N) is 1. The summed E-state index contributed by atoms with van der Waals surface area (Å²) >= 11 is 5.07. The zero-order valence-electron chi connectivity index (χ0n) is 8.46. The predicted octanol–water partition coefficient (Wildman–Crippen LogP) is 3.32. The first-order chi connectivity index (χ1) is 7.24. The highest BCUT2D eigenvalue weighted by molar-refractivity contribution is 9.10. The molecule has 15 heavy (non-hydrogen) atoms. The van der Waals surface area contributed by atoms with Crippen LogP contribution < -0.4 is 5.32 Å². The molecule has 1 N–H and O–H groups in total. The van der Waals surface area contributed by atoms with Gasteiger partial charge in [0.25, 0.3) is 0 Å². The summed E-state index contributed by atoms with van der Waals surface area (Å²) in [6, 6.07) is 2.05. The molecule has 1 aromatic heterocycles. The lowest BCUT2D eigenvalue weighted by Gasteiger charge is -2.24. The Labute approximate surface area is 102 Å². The molecule has 0 radical (unpaired) electrons. The lowest BCUT2D eigenvalue weighted by molar-refractivity contribution is -0.122. The van der Waals surface area contributed by atoms with Gasteiger partial charge in [-0.2, -0.15) is 0 Å². The van der Waals surface area contributed by atoms with E-state index in [0.717, 1.165) is 4.47 Å². The molecule has 0 saturated heterocycles. The van der Waals surface area contributed by atoms with Crippen LogP contribution in [0.5, 0.6) is 0 Å². The molecule has 0 atom stereocenters. The number of hydrogen-bond donors (Lipinski definition) is 1. The standard InChI is InChI=1S/C11H14BrNOS/c12-9-5-10(15-7-9)6-13-11(14)4-8-2-1-3-8/h5,7-8H,1-4,6H2,(H,13,14). The van der Waals surface area contributed by atoms with Crippen LogP contribution in [0.15, 0.2) is 15.9 Å². The van der Waals surface area contributed by atoms with Gasteiger partial charge in [0, 0.05) is 21.2 Å². The summed E-state index contributed by atoms with van der Waals surface area (Å²) < 4.78 is 1.09. The molecule has 4 heteroatoms. The van der Waals surface area contributed by atoms with E-state index in [1.807, 2.05) is 11.4 Å². The molecular weight excluding hydrogens is 274 g/mol. The molecule has 82 valence electrons. The van der Waals surface area contributed by atoms with Crippen LogP contribution in [0.25, 0.3) is 0 Å². The average molecular weight is 288 g/mol. The normalized spacial score (nSPS) is 16.1. The van der Waals surface area contributed by atoms with Crippen LogP contribution >= 0.6 is 27.3 Å². The maximum Gasteiger partial charge on any atom is 0.220 e. The molecule has 1 fully saturated rings. The average Bonchev–Trinajstić information content (AvgIpc) is 2.55. The number of thiophene rings is 1. The third-order valence-electron chi connectivity index (χ3n) is 2.78. The van der Waals surface area contributed by atoms with Crippen molar-refractivity contribution in [3.05, 3.63) is 20.8 Å². The van der Waals surface area contributed by atoms with E-state index >= 15 is 0 Å². The Morgan fingerprint density at radius 3 is 2.93 bits per heavy atom. The fraction of sp³-hybridized carbons (Fsp3) is 0.545. The number of rotatable bonds is 4. The molecule has 0 bridgehead atoms. The molecule has 1 aromatic rings. The Hall–Kier alpha value is -0.350. The van der Waals surface area contributed by atoms with Gasteiger partial charge in [-0.15, -0.1) is 11.3 Å². The first-order valence-corrected chi connectivity index (χ1v) is 6.91. The SMILES string of the molecule is O=C(CC1CCC1)NCc1cc(Br)cs1. The highest BCUT2D eigenvalue weighted by atomic mass is 79.9.